The average Bonchev–Trinajstić information content (AvgIpc) is 2.91. The highest BCUT2D eigenvalue weighted by Crippen LogP contribution is 2.25. The lowest BCUT2D eigenvalue weighted by atomic mass is 10.0. The average molecular weight is 276 g/mol. The summed E-state index contributed by atoms with van der Waals surface area (Å²) in [4.78, 5) is 6.26. The first-order chi connectivity index (χ1) is 10.3. The number of benzene rings is 2. The summed E-state index contributed by atoms with van der Waals surface area (Å²) in [5.41, 5.74) is 2.70. The van der Waals surface area contributed by atoms with Crippen molar-refractivity contribution < 1.29 is 0 Å². The van der Waals surface area contributed by atoms with Gasteiger partial charge in [0.2, 0.25) is 6.04 Å². The molecule has 0 bridgehead atoms. The molecule has 1 saturated heterocycles. The van der Waals surface area contributed by atoms with Gasteiger partial charge in [-0.05, 0) is 17.5 Å². The molecule has 0 unspecified atom stereocenters. The van der Waals surface area contributed by atoms with Gasteiger partial charge in [0.15, 0.2) is 0 Å². The Morgan fingerprint density at radius 3 is 2.19 bits per heavy atom. The number of likely N-dealkylation sites (tertiary alicyclic amines) is 1. The van der Waals surface area contributed by atoms with E-state index in [-0.39, 0.29) is 6.04 Å². The SMILES string of the molecule is [C-]#[N+][C@@H]1C[C@H](Cc2ccccc2)N(Cc2ccccc2)C1. The molecule has 106 valence electrons. The maximum absolute atomic E-state index is 7.34. The van der Waals surface area contributed by atoms with Gasteiger partial charge in [-0.2, -0.15) is 0 Å². The number of hydrogen-bond donors (Lipinski definition) is 0. The van der Waals surface area contributed by atoms with Gasteiger partial charge in [0, 0.05) is 19.0 Å². The topological polar surface area (TPSA) is 7.60 Å². The first-order valence-corrected chi connectivity index (χ1v) is 7.53. The second-order valence-electron chi connectivity index (χ2n) is 5.78. The number of hydrogen-bond acceptors (Lipinski definition) is 1. The van der Waals surface area contributed by atoms with E-state index in [2.05, 4.69) is 70.4 Å². The lowest BCUT2D eigenvalue weighted by Gasteiger charge is -2.23. The van der Waals surface area contributed by atoms with Gasteiger partial charge < -0.3 is 4.85 Å². The van der Waals surface area contributed by atoms with Crippen molar-refractivity contribution in [3.63, 3.8) is 0 Å². The van der Waals surface area contributed by atoms with E-state index in [1.54, 1.807) is 0 Å². The molecule has 0 aliphatic carbocycles. The molecule has 1 aliphatic rings. The molecule has 2 heteroatoms. The van der Waals surface area contributed by atoms with Crippen LogP contribution in [0.2, 0.25) is 0 Å². The fourth-order valence-electron chi connectivity index (χ4n) is 3.16. The number of nitrogens with zero attached hydrogens (tertiary/aromatic N) is 2. The molecule has 0 N–H and O–H groups in total. The van der Waals surface area contributed by atoms with E-state index in [1.807, 2.05) is 0 Å². The van der Waals surface area contributed by atoms with Gasteiger partial charge in [-0.3, -0.25) is 4.90 Å². The second kappa shape index (κ2) is 6.56. The summed E-state index contributed by atoms with van der Waals surface area (Å²) in [5, 5.41) is 0. The standard InChI is InChI=1S/C19H20N2/c1-20-18-13-19(12-16-8-4-2-5-9-16)21(15-18)14-17-10-6-3-7-11-17/h2-11,18-19H,12-15H2/t18-,19+/m1/s1. The van der Waals surface area contributed by atoms with E-state index < -0.39 is 0 Å². The van der Waals surface area contributed by atoms with Crippen molar-refractivity contribution in [1.82, 2.24) is 4.90 Å². The Hall–Kier alpha value is -2.11. The van der Waals surface area contributed by atoms with Crippen LogP contribution in [-0.4, -0.2) is 23.5 Å². The molecule has 3 rings (SSSR count). The zero-order valence-corrected chi connectivity index (χ0v) is 12.2. The monoisotopic (exact) mass is 276 g/mol. The summed E-state index contributed by atoms with van der Waals surface area (Å²) in [6, 6.07) is 21.8. The van der Waals surface area contributed by atoms with E-state index in [0.717, 1.165) is 25.9 Å². The highest BCUT2D eigenvalue weighted by atomic mass is 15.2. The molecule has 0 aromatic heterocycles. The van der Waals surface area contributed by atoms with Crippen molar-refractivity contribution in [3.05, 3.63) is 83.2 Å². The minimum Gasteiger partial charge on any atom is -0.312 e. The van der Waals surface area contributed by atoms with Gasteiger partial charge in [-0.1, -0.05) is 60.7 Å². The molecule has 21 heavy (non-hydrogen) atoms. The Morgan fingerprint density at radius 1 is 0.952 bits per heavy atom. The maximum atomic E-state index is 7.34. The third-order valence-electron chi connectivity index (χ3n) is 4.23. The second-order valence-corrected chi connectivity index (χ2v) is 5.78. The van der Waals surface area contributed by atoms with Crippen molar-refractivity contribution in [2.45, 2.75) is 31.5 Å². The van der Waals surface area contributed by atoms with Gasteiger partial charge in [0.05, 0.1) is 6.54 Å². The van der Waals surface area contributed by atoms with Gasteiger partial charge >= 0.3 is 0 Å². The highest BCUT2D eigenvalue weighted by molar-refractivity contribution is 5.19. The molecule has 0 saturated carbocycles. The normalized spacial score (nSPS) is 22.0. The van der Waals surface area contributed by atoms with E-state index >= 15 is 0 Å². The van der Waals surface area contributed by atoms with Crippen LogP contribution in [0.5, 0.6) is 0 Å². The molecule has 1 fully saturated rings. The van der Waals surface area contributed by atoms with E-state index in [4.69, 9.17) is 6.57 Å². The first kappa shape index (κ1) is 13.9. The summed E-state index contributed by atoms with van der Waals surface area (Å²) in [5.74, 6) is 0. The van der Waals surface area contributed by atoms with Gasteiger partial charge in [0.25, 0.3) is 0 Å². The summed E-state index contributed by atoms with van der Waals surface area (Å²) in [6.45, 7) is 9.19. The van der Waals surface area contributed by atoms with E-state index in [9.17, 15) is 0 Å². The molecule has 0 spiro atoms. The third kappa shape index (κ3) is 3.51. The minimum absolute atomic E-state index is 0.155. The fourth-order valence-corrected chi connectivity index (χ4v) is 3.16. The van der Waals surface area contributed by atoms with Crippen LogP contribution < -0.4 is 0 Å². The van der Waals surface area contributed by atoms with Crippen LogP contribution in [-0.2, 0) is 13.0 Å². The van der Waals surface area contributed by atoms with Crippen molar-refractivity contribution in [3.8, 4) is 0 Å². The maximum Gasteiger partial charge on any atom is 0.237 e. The summed E-state index contributed by atoms with van der Waals surface area (Å²) in [6.07, 6.45) is 2.03. The Morgan fingerprint density at radius 2 is 1.57 bits per heavy atom. The molecule has 2 aromatic rings. The Bertz CT molecular complexity index is 551. The highest BCUT2D eigenvalue weighted by Gasteiger charge is 2.35. The molecule has 2 nitrogen and oxygen atoms in total. The fraction of sp³-hybridized carbons (Fsp3) is 0.316. The number of rotatable bonds is 4. The van der Waals surface area contributed by atoms with Crippen LogP contribution in [0.3, 0.4) is 0 Å². The molecule has 0 radical (unpaired) electrons. The van der Waals surface area contributed by atoms with E-state index in [0.29, 0.717) is 6.04 Å². The summed E-state index contributed by atoms with van der Waals surface area (Å²) < 4.78 is 0. The lowest BCUT2D eigenvalue weighted by Crippen LogP contribution is -2.30. The Labute approximate surface area is 126 Å². The molecule has 2 aromatic carbocycles. The van der Waals surface area contributed by atoms with Crippen molar-refractivity contribution >= 4 is 0 Å². The molecule has 1 heterocycles. The molecular formula is C19H20N2. The van der Waals surface area contributed by atoms with Crippen LogP contribution in [0.15, 0.2) is 60.7 Å². The van der Waals surface area contributed by atoms with Gasteiger partial charge in [-0.15, -0.1) is 0 Å². The molecule has 2 atom stereocenters. The smallest absolute Gasteiger partial charge is 0.237 e. The molecular weight excluding hydrogens is 256 g/mol. The zero-order chi connectivity index (χ0) is 14.5. The quantitative estimate of drug-likeness (QED) is 0.771. The predicted molar refractivity (Wildman–Crippen MR) is 85.8 cm³/mol. The Kier molecular flexibility index (Phi) is 4.33. The van der Waals surface area contributed by atoms with Gasteiger partial charge in [0.1, 0.15) is 0 Å². The van der Waals surface area contributed by atoms with Crippen LogP contribution >= 0.6 is 0 Å². The van der Waals surface area contributed by atoms with Crippen LogP contribution in [0, 0.1) is 6.57 Å². The van der Waals surface area contributed by atoms with Crippen LogP contribution in [0.1, 0.15) is 17.5 Å². The molecule has 0 amide bonds. The largest absolute Gasteiger partial charge is 0.312 e. The first-order valence-electron chi connectivity index (χ1n) is 7.53. The van der Waals surface area contributed by atoms with Crippen molar-refractivity contribution in [2.75, 3.05) is 6.54 Å². The predicted octanol–water partition coefficient (Wildman–Crippen LogP) is 3.79. The summed E-state index contributed by atoms with van der Waals surface area (Å²) >= 11 is 0. The van der Waals surface area contributed by atoms with Crippen molar-refractivity contribution in [2.24, 2.45) is 0 Å². The van der Waals surface area contributed by atoms with E-state index in [1.165, 1.54) is 11.1 Å². The Balaban J connectivity index is 1.72. The molecule has 1 aliphatic heterocycles. The summed E-state index contributed by atoms with van der Waals surface area (Å²) in [7, 11) is 0. The zero-order valence-electron chi connectivity index (χ0n) is 12.2. The van der Waals surface area contributed by atoms with Gasteiger partial charge in [-0.25, -0.2) is 6.57 Å². The van der Waals surface area contributed by atoms with Crippen LogP contribution in [0.4, 0.5) is 0 Å². The lowest BCUT2D eigenvalue weighted by molar-refractivity contribution is 0.243. The minimum atomic E-state index is 0.155. The third-order valence-corrected chi connectivity index (χ3v) is 4.23. The van der Waals surface area contributed by atoms with Crippen molar-refractivity contribution in [1.29, 1.82) is 0 Å². The van der Waals surface area contributed by atoms with Crippen LogP contribution in [0.25, 0.3) is 4.85 Å².